The Kier molecular flexibility index (Phi) is 3.88. The normalized spacial score (nSPS) is 14.3. The Hall–Kier alpha value is -2.00. The predicted octanol–water partition coefficient (Wildman–Crippen LogP) is 2.81. The summed E-state index contributed by atoms with van der Waals surface area (Å²) in [5.74, 6) is 1.02. The summed E-state index contributed by atoms with van der Waals surface area (Å²) in [6, 6.07) is 17.1. The van der Waals surface area contributed by atoms with Gasteiger partial charge in [-0.05, 0) is 30.8 Å². The van der Waals surface area contributed by atoms with Crippen molar-refractivity contribution in [2.45, 2.75) is 13.1 Å². The standard InChI is InChI=1S/C17H20N2O/c1-18-12-14-6-8-16(9-7-14)19-10-11-20-17-5-3-2-4-15(17)13-19/h2-9,18H,10-13H2,1H3. The molecule has 0 fully saturated rings. The molecule has 0 atom stereocenters. The highest BCUT2D eigenvalue weighted by atomic mass is 16.5. The minimum Gasteiger partial charge on any atom is -0.491 e. The fraction of sp³-hybridized carbons (Fsp3) is 0.294. The molecule has 2 aromatic rings. The van der Waals surface area contributed by atoms with Gasteiger partial charge in [0.25, 0.3) is 0 Å². The summed E-state index contributed by atoms with van der Waals surface area (Å²) in [7, 11) is 1.97. The average Bonchev–Trinajstić information content (AvgIpc) is 2.70. The van der Waals surface area contributed by atoms with Crippen molar-refractivity contribution in [1.29, 1.82) is 0 Å². The summed E-state index contributed by atoms with van der Waals surface area (Å²) in [6.07, 6.45) is 0. The topological polar surface area (TPSA) is 24.5 Å². The van der Waals surface area contributed by atoms with Gasteiger partial charge in [0.2, 0.25) is 0 Å². The molecule has 0 amide bonds. The smallest absolute Gasteiger partial charge is 0.124 e. The van der Waals surface area contributed by atoms with Crippen molar-refractivity contribution in [3.05, 3.63) is 59.7 Å². The number of anilines is 1. The molecule has 0 spiro atoms. The van der Waals surface area contributed by atoms with Gasteiger partial charge < -0.3 is 15.0 Å². The molecular weight excluding hydrogens is 248 g/mol. The summed E-state index contributed by atoms with van der Waals surface area (Å²) < 4.78 is 5.81. The summed E-state index contributed by atoms with van der Waals surface area (Å²) in [5.41, 5.74) is 3.82. The van der Waals surface area contributed by atoms with Gasteiger partial charge in [-0.1, -0.05) is 30.3 Å². The molecule has 2 aromatic carbocycles. The van der Waals surface area contributed by atoms with E-state index in [9.17, 15) is 0 Å². The number of hydrogen-bond donors (Lipinski definition) is 1. The number of benzene rings is 2. The van der Waals surface area contributed by atoms with E-state index in [0.717, 1.165) is 32.0 Å². The Labute approximate surface area is 120 Å². The largest absolute Gasteiger partial charge is 0.491 e. The second-order valence-corrected chi connectivity index (χ2v) is 5.07. The third-order valence-corrected chi connectivity index (χ3v) is 3.63. The molecule has 1 aliphatic rings. The number of rotatable bonds is 3. The van der Waals surface area contributed by atoms with Crippen molar-refractivity contribution < 1.29 is 4.74 Å². The molecule has 0 saturated heterocycles. The van der Waals surface area contributed by atoms with Crippen LogP contribution in [0.3, 0.4) is 0 Å². The molecular formula is C17H20N2O. The van der Waals surface area contributed by atoms with E-state index in [2.05, 4.69) is 52.7 Å². The second kappa shape index (κ2) is 5.97. The number of fused-ring (bicyclic) bond motifs is 1. The van der Waals surface area contributed by atoms with Gasteiger partial charge in [0.05, 0.1) is 6.54 Å². The average molecular weight is 268 g/mol. The molecule has 0 aromatic heterocycles. The Morgan fingerprint density at radius 3 is 2.70 bits per heavy atom. The highest BCUT2D eigenvalue weighted by Gasteiger charge is 2.14. The Morgan fingerprint density at radius 2 is 1.90 bits per heavy atom. The van der Waals surface area contributed by atoms with Gasteiger partial charge in [-0.3, -0.25) is 0 Å². The van der Waals surface area contributed by atoms with E-state index in [-0.39, 0.29) is 0 Å². The van der Waals surface area contributed by atoms with Crippen LogP contribution in [0, 0.1) is 0 Å². The monoisotopic (exact) mass is 268 g/mol. The van der Waals surface area contributed by atoms with E-state index in [4.69, 9.17) is 4.74 Å². The van der Waals surface area contributed by atoms with E-state index in [1.54, 1.807) is 0 Å². The Bertz CT molecular complexity index is 565. The van der Waals surface area contributed by atoms with Crippen molar-refractivity contribution in [3.8, 4) is 5.75 Å². The maximum absolute atomic E-state index is 5.81. The fourth-order valence-electron chi connectivity index (χ4n) is 2.57. The molecule has 0 bridgehead atoms. The van der Waals surface area contributed by atoms with Crippen molar-refractivity contribution >= 4 is 5.69 Å². The maximum Gasteiger partial charge on any atom is 0.124 e. The van der Waals surface area contributed by atoms with E-state index in [1.807, 2.05) is 13.1 Å². The Balaban J connectivity index is 1.80. The van der Waals surface area contributed by atoms with Crippen LogP contribution in [0.2, 0.25) is 0 Å². The van der Waals surface area contributed by atoms with Gasteiger partial charge in [-0.25, -0.2) is 0 Å². The number of ether oxygens (including phenoxy) is 1. The summed E-state index contributed by atoms with van der Waals surface area (Å²) in [5, 5.41) is 3.17. The molecule has 0 aliphatic carbocycles. The predicted molar refractivity (Wildman–Crippen MR) is 82.2 cm³/mol. The van der Waals surface area contributed by atoms with E-state index in [0.29, 0.717) is 0 Å². The molecule has 0 unspecified atom stereocenters. The van der Waals surface area contributed by atoms with Crippen molar-refractivity contribution in [1.82, 2.24) is 5.32 Å². The maximum atomic E-state index is 5.81. The van der Waals surface area contributed by atoms with Crippen LogP contribution in [-0.2, 0) is 13.1 Å². The van der Waals surface area contributed by atoms with Crippen LogP contribution in [0.5, 0.6) is 5.75 Å². The van der Waals surface area contributed by atoms with Crippen LogP contribution in [0.15, 0.2) is 48.5 Å². The van der Waals surface area contributed by atoms with Gasteiger partial charge >= 0.3 is 0 Å². The molecule has 104 valence electrons. The van der Waals surface area contributed by atoms with E-state index in [1.165, 1.54) is 16.8 Å². The quantitative estimate of drug-likeness (QED) is 0.926. The third kappa shape index (κ3) is 2.78. The van der Waals surface area contributed by atoms with Crippen LogP contribution in [0.25, 0.3) is 0 Å². The number of hydrogen-bond acceptors (Lipinski definition) is 3. The summed E-state index contributed by atoms with van der Waals surface area (Å²) in [6.45, 7) is 3.46. The molecule has 0 saturated carbocycles. The van der Waals surface area contributed by atoms with E-state index < -0.39 is 0 Å². The van der Waals surface area contributed by atoms with Crippen LogP contribution in [0.1, 0.15) is 11.1 Å². The summed E-state index contributed by atoms with van der Waals surface area (Å²) >= 11 is 0. The molecule has 1 heterocycles. The number of para-hydroxylation sites is 1. The fourth-order valence-corrected chi connectivity index (χ4v) is 2.57. The highest BCUT2D eigenvalue weighted by Crippen LogP contribution is 2.26. The van der Waals surface area contributed by atoms with Crippen LogP contribution in [0.4, 0.5) is 5.69 Å². The molecule has 1 aliphatic heterocycles. The van der Waals surface area contributed by atoms with Gasteiger partial charge in [-0.15, -0.1) is 0 Å². The first-order valence-electron chi connectivity index (χ1n) is 7.06. The zero-order chi connectivity index (χ0) is 13.8. The van der Waals surface area contributed by atoms with Crippen molar-refractivity contribution in [2.24, 2.45) is 0 Å². The lowest BCUT2D eigenvalue weighted by Crippen LogP contribution is -2.25. The number of nitrogens with one attached hydrogen (secondary N) is 1. The molecule has 1 N–H and O–H groups in total. The van der Waals surface area contributed by atoms with Crippen LogP contribution >= 0.6 is 0 Å². The van der Waals surface area contributed by atoms with Crippen molar-refractivity contribution in [2.75, 3.05) is 25.1 Å². The van der Waals surface area contributed by atoms with Gasteiger partial charge in [-0.2, -0.15) is 0 Å². The lowest BCUT2D eigenvalue weighted by atomic mass is 10.1. The van der Waals surface area contributed by atoms with Gasteiger partial charge in [0.1, 0.15) is 12.4 Å². The Morgan fingerprint density at radius 1 is 1.10 bits per heavy atom. The molecule has 3 rings (SSSR count). The molecule has 0 radical (unpaired) electrons. The first-order valence-corrected chi connectivity index (χ1v) is 7.06. The first kappa shape index (κ1) is 13.0. The third-order valence-electron chi connectivity index (χ3n) is 3.63. The van der Waals surface area contributed by atoms with Gasteiger partial charge in [0.15, 0.2) is 0 Å². The zero-order valence-electron chi connectivity index (χ0n) is 11.8. The van der Waals surface area contributed by atoms with E-state index >= 15 is 0 Å². The summed E-state index contributed by atoms with van der Waals surface area (Å²) in [4.78, 5) is 2.37. The van der Waals surface area contributed by atoms with Crippen LogP contribution < -0.4 is 15.0 Å². The second-order valence-electron chi connectivity index (χ2n) is 5.07. The molecule has 3 heteroatoms. The zero-order valence-corrected chi connectivity index (χ0v) is 11.8. The highest BCUT2D eigenvalue weighted by molar-refractivity contribution is 5.50. The molecule has 20 heavy (non-hydrogen) atoms. The number of nitrogens with zero attached hydrogens (tertiary/aromatic N) is 1. The minimum absolute atomic E-state index is 0.731. The minimum atomic E-state index is 0.731. The van der Waals surface area contributed by atoms with Crippen molar-refractivity contribution in [3.63, 3.8) is 0 Å². The van der Waals surface area contributed by atoms with Crippen LogP contribution in [-0.4, -0.2) is 20.2 Å². The lowest BCUT2D eigenvalue weighted by Gasteiger charge is -2.22. The van der Waals surface area contributed by atoms with Gasteiger partial charge in [0, 0.05) is 24.3 Å². The molecule has 3 nitrogen and oxygen atoms in total. The lowest BCUT2D eigenvalue weighted by molar-refractivity contribution is 0.331. The SMILES string of the molecule is CNCc1ccc(N2CCOc3ccccc3C2)cc1. The first-order chi connectivity index (χ1) is 9.86.